The molecule has 1 amide bonds. The molecule has 0 aliphatic heterocycles. The van der Waals surface area contributed by atoms with Crippen LogP contribution >= 0.6 is 11.6 Å². The van der Waals surface area contributed by atoms with E-state index < -0.39 is 18.1 Å². The monoisotopic (exact) mass is 282 g/mol. The molecule has 0 radical (unpaired) electrons. The highest BCUT2D eigenvalue weighted by atomic mass is 35.5. The van der Waals surface area contributed by atoms with Gasteiger partial charge >= 0.3 is 0 Å². The maximum Gasteiger partial charge on any atom is 0.259 e. The van der Waals surface area contributed by atoms with Crippen molar-refractivity contribution in [1.29, 1.82) is 5.26 Å². The number of anilines is 1. The molecule has 0 heterocycles. The fraction of sp³-hybridized carbons (Fsp3) is 0.333. The van der Waals surface area contributed by atoms with E-state index in [1.165, 1.54) is 13.0 Å². The predicted molar refractivity (Wildman–Crippen MR) is 72.3 cm³/mol. The van der Waals surface area contributed by atoms with Crippen molar-refractivity contribution in [2.24, 2.45) is 5.84 Å². The molecule has 1 aromatic rings. The standard InChI is InChI=1S/C12H15ClN4O2/c1-6-9(4-3-8(5-14)10(6)13)16-11(7(2)18)12(19)17-15/h3-4,7,11,16,18H,15H2,1-2H3,(H,17,19)/t7-,11-/m1/s1. The van der Waals surface area contributed by atoms with Crippen LogP contribution in [-0.2, 0) is 4.79 Å². The molecular formula is C12H15ClN4O2. The number of carbonyl (C=O) groups is 1. The lowest BCUT2D eigenvalue weighted by molar-refractivity contribution is -0.123. The Hall–Kier alpha value is -1.81. The summed E-state index contributed by atoms with van der Waals surface area (Å²) >= 11 is 6.02. The second-order valence-electron chi connectivity index (χ2n) is 4.08. The molecule has 7 heteroatoms. The molecule has 0 aliphatic carbocycles. The summed E-state index contributed by atoms with van der Waals surface area (Å²) in [6.45, 7) is 3.18. The summed E-state index contributed by atoms with van der Waals surface area (Å²) in [5.41, 5.74) is 3.50. The normalized spacial score (nSPS) is 13.3. The van der Waals surface area contributed by atoms with Crippen LogP contribution < -0.4 is 16.6 Å². The van der Waals surface area contributed by atoms with E-state index in [9.17, 15) is 9.90 Å². The molecule has 0 saturated carbocycles. The molecule has 0 aromatic heterocycles. The number of nitriles is 1. The van der Waals surface area contributed by atoms with Crippen molar-refractivity contribution in [3.05, 3.63) is 28.3 Å². The van der Waals surface area contributed by atoms with E-state index >= 15 is 0 Å². The van der Waals surface area contributed by atoms with Gasteiger partial charge in [0.15, 0.2) is 0 Å². The van der Waals surface area contributed by atoms with E-state index in [1.54, 1.807) is 13.0 Å². The second kappa shape index (κ2) is 6.38. The first-order valence-electron chi connectivity index (χ1n) is 5.56. The second-order valence-corrected chi connectivity index (χ2v) is 4.46. The van der Waals surface area contributed by atoms with Gasteiger partial charge in [-0.05, 0) is 31.5 Å². The molecule has 0 bridgehead atoms. The summed E-state index contributed by atoms with van der Waals surface area (Å²) in [6.07, 6.45) is -0.947. The Bertz CT molecular complexity index is 525. The van der Waals surface area contributed by atoms with Gasteiger partial charge in [-0.1, -0.05) is 11.6 Å². The first-order chi connectivity index (χ1) is 8.92. The van der Waals surface area contributed by atoms with Crippen molar-refractivity contribution < 1.29 is 9.90 Å². The third kappa shape index (κ3) is 3.35. The van der Waals surface area contributed by atoms with Gasteiger partial charge in [-0.2, -0.15) is 5.26 Å². The zero-order valence-corrected chi connectivity index (χ0v) is 11.3. The van der Waals surface area contributed by atoms with Crippen LogP contribution in [0.25, 0.3) is 0 Å². The number of nitrogens with two attached hydrogens (primary N) is 1. The minimum absolute atomic E-state index is 0.310. The van der Waals surface area contributed by atoms with Crippen LogP contribution in [-0.4, -0.2) is 23.2 Å². The van der Waals surface area contributed by atoms with Gasteiger partial charge < -0.3 is 10.4 Å². The largest absolute Gasteiger partial charge is 0.391 e. The van der Waals surface area contributed by atoms with Gasteiger partial charge in [0.2, 0.25) is 0 Å². The van der Waals surface area contributed by atoms with E-state index in [4.69, 9.17) is 22.7 Å². The molecule has 1 rings (SSSR count). The summed E-state index contributed by atoms with van der Waals surface area (Å²) in [6, 6.07) is 4.22. The van der Waals surface area contributed by atoms with Crippen LogP contribution in [0.4, 0.5) is 5.69 Å². The Kier molecular flexibility index (Phi) is 5.12. The van der Waals surface area contributed by atoms with Gasteiger partial charge in [0.1, 0.15) is 12.1 Å². The van der Waals surface area contributed by atoms with Crippen LogP contribution in [0.2, 0.25) is 5.02 Å². The number of benzene rings is 1. The molecule has 5 N–H and O–H groups in total. The molecule has 0 aliphatic rings. The number of amides is 1. The highest BCUT2D eigenvalue weighted by Gasteiger charge is 2.23. The number of nitrogens with zero attached hydrogens (tertiary/aromatic N) is 1. The summed E-state index contributed by atoms with van der Waals surface area (Å²) in [5, 5.41) is 21.6. The number of aliphatic hydroxyl groups is 1. The van der Waals surface area contributed by atoms with Crippen LogP contribution in [0.3, 0.4) is 0 Å². The fourth-order valence-corrected chi connectivity index (χ4v) is 1.80. The van der Waals surface area contributed by atoms with Crippen molar-refractivity contribution in [3.63, 3.8) is 0 Å². The Balaban J connectivity index is 3.08. The van der Waals surface area contributed by atoms with E-state index in [0.29, 0.717) is 21.8 Å². The van der Waals surface area contributed by atoms with Crippen LogP contribution in [0.15, 0.2) is 12.1 Å². The Morgan fingerprint density at radius 3 is 2.68 bits per heavy atom. The number of halogens is 1. The number of hydrazine groups is 1. The minimum atomic E-state index is -0.947. The van der Waals surface area contributed by atoms with Crippen LogP contribution in [0.5, 0.6) is 0 Å². The van der Waals surface area contributed by atoms with E-state index in [-0.39, 0.29) is 0 Å². The average molecular weight is 283 g/mol. The molecule has 0 unspecified atom stereocenters. The van der Waals surface area contributed by atoms with Gasteiger partial charge in [0.05, 0.1) is 16.7 Å². The zero-order chi connectivity index (χ0) is 14.6. The van der Waals surface area contributed by atoms with E-state index in [0.717, 1.165) is 0 Å². The molecule has 0 fully saturated rings. The number of hydrogen-bond donors (Lipinski definition) is 4. The fourth-order valence-electron chi connectivity index (χ4n) is 1.59. The summed E-state index contributed by atoms with van der Waals surface area (Å²) in [7, 11) is 0. The van der Waals surface area contributed by atoms with Gasteiger partial charge in [-0.15, -0.1) is 0 Å². The predicted octanol–water partition coefficient (Wildman–Crippen LogP) is 0.671. The Morgan fingerprint density at radius 2 is 2.21 bits per heavy atom. The van der Waals surface area contributed by atoms with Crippen molar-refractivity contribution in [2.45, 2.75) is 26.0 Å². The maximum atomic E-state index is 11.5. The molecule has 102 valence electrons. The molecule has 6 nitrogen and oxygen atoms in total. The van der Waals surface area contributed by atoms with Crippen molar-refractivity contribution in [3.8, 4) is 6.07 Å². The van der Waals surface area contributed by atoms with E-state index in [2.05, 4.69) is 5.32 Å². The van der Waals surface area contributed by atoms with Gasteiger partial charge in [0, 0.05) is 5.69 Å². The third-order valence-corrected chi connectivity index (χ3v) is 3.21. The van der Waals surface area contributed by atoms with Crippen molar-refractivity contribution >= 4 is 23.2 Å². The quantitative estimate of drug-likeness (QED) is 0.368. The number of nitrogens with one attached hydrogen (secondary N) is 2. The summed E-state index contributed by atoms with van der Waals surface area (Å²) < 4.78 is 0. The SMILES string of the molecule is Cc1c(N[C@@H](C(=O)NN)[C@@H](C)O)ccc(C#N)c1Cl. The topological polar surface area (TPSA) is 111 Å². The number of rotatable bonds is 4. The lowest BCUT2D eigenvalue weighted by atomic mass is 10.1. The molecule has 0 saturated heterocycles. The summed E-state index contributed by atoms with van der Waals surface area (Å²) in [4.78, 5) is 11.5. The number of aliphatic hydroxyl groups excluding tert-OH is 1. The molecule has 2 atom stereocenters. The first kappa shape index (κ1) is 15.2. The Labute approximate surface area is 116 Å². The molecule has 0 spiro atoms. The lowest BCUT2D eigenvalue weighted by Gasteiger charge is -2.22. The highest BCUT2D eigenvalue weighted by Crippen LogP contribution is 2.27. The highest BCUT2D eigenvalue weighted by molar-refractivity contribution is 6.32. The Morgan fingerprint density at radius 1 is 1.58 bits per heavy atom. The average Bonchev–Trinajstić information content (AvgIpc) is 2.39. The van der Waals surface area contributed by atoms with Crippen LogP contribution in [0.1, 0.15) is 18.1 Å². The van der Waals surface area contributed by atoms with Gasteiger partial charge in [-0.25, -0.2) is 5.84 Å². The summed E-state index contributed by atoms with van der Waals surface area (Å²) in [5.74, 6) is 4.51. The van der Waals surface area contributed by atoms with Crippen LogP contribution in [0, 0.1) is 18.3 Å². The van der Waals surface area contributed by atoms with E-state index in [1.807, 2.05) is 11.5 Å². The zero-order valence-electron chi connectivity index (χ0n) is 10.6. The van der Waals surface area contributed by atoms with Gasteiger partial charge in [0.25, 0.3) is 5.91 Å². The molecule has 1 aromatic carbocycles. The molecular weight excluding hydrogens is 268 g/mol. The minimum Gasteiger partial charge on any atom is -0.391 e. The van der Waals surface area contributed by atoms with Crippen molar-refractivity contribution in [2.75, 3.05) is 5.32 Å². The van der Waals surface area contributed by atoms with Gasteiger partial charge in [-0.3, -0.25) is 10.2 Å². The number of carbonyl (C=O) groups excluding carboxylic acids is 1. The molecule has 19 heavy (non-hydrogen) atoms. The first-order valence-corrected chi connectivity index (χ1v) is 5.94. The number of hydrogen-bond acceptors (Lipinski definition) is 5. The maximum absolute atomic E-state index is 11.5. The smallest absolute Gasteiger partial charge is 0.259 e. The third-order valence-electron chi connectivity index (χ3n) is 2.72. The lowest BCUT2D eigenvalue weighted by Crippen LogP contribution is -2.48. The van der Waals surface area contributed by atoms with Crippen molar-refractivity contribution in [1.82, 2.24) is 5.43 Å².